The smallest absolute Gasteiger partial charge is 0.163 e. The van der Waals surface area contributed by atoms with Gasteiger partial charge in [0.2, 0.25) is 0 Å². The second-order valence-electron chi connectivity index (χ2n) is 2.96. The van der Waals surface area contributed by atoms with Crippen LogP contribution < -0.4 is 5.32 Å². The van der Waals surface area contributed by atoms with E-state index >= 15 is 0 Å². The average Bonchev–Trinajstić information content (AvgIpc) is 2.35. The lowest BCUT2D eigenvalue weighted by Gasteiger charge is -2.06. The van der Waals surface area contributed by atoms with E-state index in [0.29, 0.717) is 0 Å². The quantitative estimate of drug-likeness (QED) is 0.666. The van der Waals surface area contributed by atoms with Crippen molar-refractivity contribution in [3.05, 3.63) is 38.7 Å². The molecule has 1 N–H and O–H groups in total. The van der Waals surface area contributed by atoms with Gasteiger partial charge in [-0.15, -0.1) is 0 Å². The summed E-state index contributed by atoms with van der Waals surface area (Å²) in [5, 5.41) is 28.6. The van der Waals surface area contributed by atoms with E-state index in [9.17, 15) is 4.39 Å². The summed E-state index contributed by atoms with van der Waals surface area (Å²) in [5.41, 5.74) is -0.491. The van der Waals surface area contributed by atoms with Crippen molar-refractivity contribution in [2.24, 2.45) is 0 Å². The van der Waals surface area contributed by atoms with Crippen molar-refractivity contribution in [2.45, 2.75) is 0 Å². The molecule has 0 heterocycles. The molecule has 0 aliphatic rings. The van der Waals surface area contributed by atoms with Crippen LogP contribution in [-0.2, 0) is 0 Å². The molecule has 1 aromatic rings. The first-order chi connectivity index (χ1) is 8.53. The van der Waals surface area contributed by atoms with Gasteiger partial charge in [0.25, 0.3) is 0 Å². The zero-order valence-corrected chi connectivity index (χ0v) is 11.0. The number of hydrogen-bond acceptors (Lipinski definition) is 4. The second kappa shape index (κ2) is 6.02. The van der Waals surface area contributed by atoms with Crippen LogP contribution in [0.3, 0.4) is 0 Å². The summed E-state index contributed by atoms with van der Waals surface area (Å²) in [6, 6.07) is 7.22. The lowest BCUT2D eigenvalue weighted by molar-refractivity contribution is 0.622. The Morgan fingerprint density at radius 2 is 1.83 bits per heavy atom. The maximum absolute atomic E-state index is 13.4. The Bertz CT molecular complexity index is 609. The Balaban J connectivity index is 3.22. The first-order valence-corrected chi connectivity index (χ1v) is 5.56. The minimum Gasteiger partial charge on any atom is -0.345 e. The number of halogens is 3. The molecule has 0 saturated heterocycles. The molecule has 0 saturated carbocycles. The Morgan fingerprint density at radius 3 is 2.28 bits per heavy atom. The molecule has 18 heavy (non-hydrogen) atoms. The second-order valence-corrected chi connectivity index (χ2v) is 4.16. The largest absolute Gasteiger partial charge is 0.345 e. The fraction of sp³-hybridized carbons (Fsp3) is 0. The third-order valence-corrected chi connectivity index (χ3v) is 3.17. The van der Waals surface area contributed by atoms with Crippen LogP contribution in [-0.4, -0.2) is 0 Å². The number of hydrogen-bond donors (Lipinski definition) is 1. The Morgan fingerprint density at radius 1 is 1.22 bits per heavy atom. The van der Waals surface area contributed by atoms with Crippen LogP contribution >= 0.6 is 27.5 Å². The van der Waals surface area contributed by atoms with E-state index in [1.165, 1.54) is 6.07 Å². The molecule has 0 radical (unpaired) electrons. The molecule has 1 aromatic carbocycles. The van der Waals surface area contributed by atoms with Crippen molar-refractivity contribution in [1.29, 1.82) is 15.8 Å². The molecule has 0 spiro atoms. The van der Waals surface area contributed by atoms with Crippen LogP contribution in [0.4, 0.5) is 10.1 Å². The van der Waals surface area contributed by atoms with Gasteiger partial charge in [-0.25, -0.2) is 4.39 Å². The molecular formula is C11H3BrClFN4. The summed E-state index contributed by atoms with van der Waals surface area (Å²) in [6.07, 6.45) is 0. The molecule has 0 amide bonds. The minimum atomic E-state index is -0.627. The molecule has 88 valence electrons. The number of rotatable bonds is 2. The Labute approximate surface area is 116 Å². The number of anilines is 1. The highest BCUT2D eigenvalue weighted by molar-refractivity contribution is 9.10. The number of nitrogens with zero attached hydrogens (tertiary/aromatic N) is 3. The fourth-order valence-electron chi connectivity index (χ4n) is 1.06. The highest BCUT2D eigenvalue weighted by Crippen LogP contribution is 2.29. The maximum atomic E-state index is 13.4. The fourth-order valence-corrected chi connectivity index (χ4v) is 1.49. The lowest BCUT2D eigenvalue weighted by Crippen LogP contribution is -2.01. The predicted octanol–water partition coefficient (Wildman–Crippen LogP) is 3.48. The molecule has 0 fully saturated rings. The predicted molar refractivity (Wildman–Crippen MR) is 66.6 cm³/mol. The number of nitriles is 3. The molecule has 0 aliphatic heterocycles. The van der Waals surface area contributed by atoms with Crippen molar-refractivity contribution in [1.82, 2.24) is 0 Å². The number of benzene rings is 1. The Hall–Kier alpha value is -2.07. The molecule has 0 bridgehead atoms. The molecule has 7 heteroatoms. The lowest BCUT2D eigenvalue weighted by atomic mass is 10.2. The molecule has 4 nitrogen and oxygen atoms in total. The molecule has 0 aliphatic carbocycles. The van der Waals surface area contributed by atoms with E-state index in [4.69, 9.17) is 27.4 Å². The van der Waals surface area contributed by atoms with Gasteiger partial charge in [0.1, 0.15) is 29.7 Å². The van der Waals surface area contributed by atoms with E-state index in [2.05, 4.69) is 21.2 Å². The van der Waals surface area contributed by atoms with Gasteiger partial charge in [0.15, 0.2) is 5.57 Å². The van der Waals surface area contributed by atoms with E-state index < -0.39 is 11.4 Å². The zero-order chi connectivity index (χ0) is 13.7. The van der Waals surface area contributed by atoms with Crippen LogP contribution in [0.1, 0.15) is 0 Å². The van der Waals surface area contributed by atoms with E-state index in [1.54, 1.807) is 18.2 Å². The summed E-state index contributed by atoms with van der Waals surface area (Å²) in [6.45, 7) is 0. The van der Waals surface area contributed by atoms with Crippen molar-refractivity contribution < 1.29 is 4.39 Å². The summed E-state index contributed by atoms with van der Waals surface area (Å²) in [4.78, 5) is 0. The summed E-state index contributed by atoms with van der Waals surface area (Å²) >= 11 is 8.67. The van der Waals surface area contributed by atoms with Gasteiger partial charge in [0.05, 0.1) is 9.50 Å². The standard InChI is InChI=1S/C11H3BrClFN4/c12-11-8(13)1-7(2-9(11)14)18-10(5-17)6(3-15)4-16/h1-2,18H. The highest BCUT2D eigenvalue weighted by Gasteiger charge is 2.10. The average molecular weight is 326 g/mol. The van der Waals surface area contributed by atoms with E-state index in [1.807, 2.05) is 0 Å². The summed E-state index contributed by atoms with van der Waals surface area (Å²) < 4.78 is 13.5. The maximum Gasteiger partial charge on any atom is 0.163 e. The van der Waals surface area contributed by atoms with Gasteiger partial charge in [-0.05, 0) is 28.1 Å². The van der Waals surface area contributed by atoms with Gasteiger partial charge in [-0.3, -0.25) is 0 Å². The van der Waals surface area contributed by atoms with Gasteiger partial charge < -0.3 is 5.32 Å². The van der Waals surface area contributed by atoms with Gasteiger partial charge in [-0.2, -0.15) is 15.8 Å². The molecule has 0 unspecified atom stereocenters. The van der Waals surface area contributed by atoms with Crippen LogP contribution in [0.5, 0.6) is 0 Å². The van der Waals surface area contributed by atoms with Crippen molar-refractivity contribution >= 4 is 33.2 Å². The number of allylic oxidation sites excluding steroid dienone is 2. The first-order valence-electron chi connectivity index (χ1n) is 4.39. The van der Waals surface area contributed by atoms with Gasteiger partial charge in [-0.1, -0.05) is 11.6 Å². The topological polar surface area (TPSA) is 83.4 Å². The number of nitrogens with one attached hydrogen (secondary N) is 1. The summed E-state index contributed by atoms with van der Waals surface area (Å²) in [5.74, 6) is -0.627. The first kappa shape index (κ1) is 14.0. The van der Waals surface area contributed by atoms with Crippen LogP contribution in [0.25, 0.3) is 0 Å². The third-order valence-electron chi connectivity index (χ3n) is 1.84. The minimum absolute atomic E-state index is 0.0954. The van der Waals surface area contributed by atoms with Crippen LogP contribution in [0.15, 0.2) is 27.9 Å². The van der Waals surface area contributed by atoms with Crippen LogP contribution in [0.2, 0.25) is 5.02 Å². The molecule has 0 aromatic heterocycles. The Kier molecular flexibility index (Phi) is 4.68. The highest BCUT2D eigenvalue weighted by atomic mass is 79.9. The normalized spacial score (nSPS) is 8.67. The van der Waals surface area contributed by atoms with Crippen molar-refractivity contribution in [3.63, 3.8) is 0 Å². The van der Waals surface area contributed by atoms with Crippen molar-refractivity contribution in [2.75, 3.05) is 5.32 Å². The SMILES string of the molecule is N#CC(C#N)=C(C#N)Nc1cc(F)c(Br)c(Cl)c1. The van der Waals surface area contributed by atoms with Gasteiger partial charge >= 0.3 is 0 Å². The molecule has 1 rings (SSSR count). The zero-order valence-electron chi connectivity index (χ0n) is 8.63. The van der Waals surface area contributed by atoms with E-state index in [-0.39, 0.29) is 20.9 Å². The summed E-state index contributed by atoms with van der Waals surface area (Å²) in [7, 11) is 0. The van der Waals surface area contributed by atoms with Crippen LogP contribution in [0, 0.1) is 39.8 Å². The monoisotopic (exact) mass is 324 g/mol. The van der Waals surface area contributed by atoms with Crippen molar-refractivity contribution in [3.8, 4) is 18.2 Å². The molecule has 0 atom stereocenters. The van der Waals surface area contributed by atoms with Gasteiger partial charge in [0, 0.05) is 5.69 Å². The van der Waals surface area contributed by atoms with E-state index in [0.717, 1.165) is 6.07 Å². The molecular weight excluding hydrogens is 323 g/mol. The third kappa shape index (κ3) is 2.99.